The second kappa shape index (κ2) is 8.41. The molecule has 0 radical (unpaired) electrons. The summed E-state index contributed by atoms with van der Waals surface area (Å²) in [6.45, 7) is 2.07. The lowest BCUT2D eigenvalue weighted by molar-refractivity contribution is -0.134. The average molecular weight is 353 g/mol. The fraction of sp³-hybridized carbons (Fsp3) is 0.375. The number of hydrogen-bond donors (Lipinski definition) is 2. The Kier molecular flexibility index (Phi) is 6.26. The topological polar surface area (TPSA) is 79.8 Å². The van der Waals surface area contributed by atoms with Crippen molar-refractivity contribution in [1.82, 2.24) is 15.0 Å². The summed E-state index contributed by atoms with van der Waals surface area (Å²) in [6.07, 6.45) is -0.436. The zero-order valence-corrected chi connectivity index (χ0v) is 13.6. The standard InChI is InChI=1S/C16H18F3N5O/c1-2-13(25)24-15-14(20-7-8-21-15)23-10-11-3-4-12(22-9-11)5-6-16(17,18)19/h3-4,7-9H,2,5-6,10H2,1H3,(H,20,23)(H,21,24,25). The van der Waals surface area contributed by atoms with Gasteiger partial charge < -0.3 is 10.6 Å². The fourth-order valence-electron chi connectivity index (χ4n) is 1.94. The van der Waals surface area contributed by atoms with Gasteiger partial charge in [-0.05, 0) is 18.1 Å². The molecule has 2 aromatic rings. The number of nitrogens with one attached hydrogen (secondary N) is 2. The Hall–Kier alpha value is -2.71. The molecular weight excluding hydrogens is 335 g/mol. The van der Waals surface area contributed by atoms with E-state index in [1.807, 2.05) is 0 Å². The molecule has 0 saturated heterocycles. The number of halogens is 3. The summed E-state index contributed by atoms with van der Waals surface area (Å²) >= 11 is 0. The summed E-state index contributed by atoms with van der Waals surface area (Å²) in [5.41, 5.74) is 1.16. The van der Waals surface area contributed by atoms with Crippen molar-refractivity contribution in [2.24, 2.45) is 0 Å². The second-order valence-electron chi connectivity index (χ2n) is 5.28. The Bertz CT molecular complexity index is 704. The van der Waals surface area contributed by atoms with E-state index in [2.05, 4.69) is 25.6 Å². The smallest absolute Gasteiger partial charge is 0.363 e. The SMILES string of the molecule is CCC(=O)Nc1nccnc1NCc1ccc(CCC(F)(F)F)nc1. The molecule has 6 nitrogen and oxygen atoms in total. The summed E-state index contributed by atoms with van der Waals surface area (Å²) in [5.74, 6) is 0.550. The lowest BCUT2D eigenvalue weighted by Gasteiger charge is -2.11. The first-order chi connectivity index (χ1) is 11.9. The van der Waals surface area contributed by atoms with Crippen LogP contribution in [0.5, 0.6) is 0 Å². The number of rotatable bonds is 7. The van der Waals surface area contributed by atoms with Crippen LogP contribution in [0.4, 0.5) is 24.8 Å². The van der Waals surface area contributed by atoms with Gasteiger partial charge in [0.05, 0.1) is 0 Å². The van der Waals surface area contributed by atoms with Crippen LogP contribution < -0.4 is 10.6 Å². The number of hydrogen-bond acceptors (Lipinski definition) is 5. The molecule has 134 valence electrons. The number of nitrogens with zero attached hydrogens (tertiary/aromatic N) is 3. The molecule has 0 atom stereocenters. The van der Waals surface area contributed by atoms with Gasteiger partial charge in [0.2, 0.25) is 5.91 Å². The lowest BCUT2D eigenvalue weighted by Crippen LogP contribution is -2.14. The van der Waals surface area contributed by atoms with Gasteiger partial charge in [-0.2, -0.15) is 13.2 Å². The predicted molar refractivity (Wildman–Crippen MR) is 86.9 cm³/mol. The molecule has 0 bridgehead atoms. The minimum atomic E-state index is -4.19. The van der Waals surface area contributed by atoms with Crippen molar-refractivity contribution < 1.29 is 18.0 Å². The van der Waals surface area contributed by atoms with Crippen LogP contribution in [0.2, 0.25) is 0 Å². The largest absolute Gasteiger partial charge is 0.389 e. The van der Waals surface area contributed by atoms with E-state index >= 15 is 0 Å². The molecule has 2 N–H and O–H groups in total. The quantitative estimate of drug-likeness (QED) is 0.798. The Morgan fingerprint density at radius 1 is 1.12 bits per heavy atom. The average Bonchev–Trinajstić information content (AvgIpc) is 2.59. The maximum absolute atomic E-state index is 12.2. The van der Waals surface area contributed by atoms with Crippen LogP contribution in [0.15, 0.2) is 30.7 Å². The van der Waals surface area contributed by atoms with E-state index in [9.17, 15) is 18.0 Å². The molecule has 1 amide bonds. The molecular formula is C16H18F3N5O. The Labute approximate surface area is 142 Å². The highest BCUT2D eigenvalue weighted by molar-refractivity contribution is 5.91. The molecule has 0 spiro atoms. The maximum Gasteiger partial charge on any atom is 0.389 e. The summed E-state index contributed by atoms with van der Waals surface area (Å²) in [5, 5.41) is 5.67. The van der Waals surface area contributed by atoms with Crippen molar-refractivity contribution in [3.63, 3.8) is 0 Å². The summed E-state index contributed by atoms with van der Waals surface area (Å²) in [7, 11) is 0. The molecule has 0 unspecified atom stereocenters. The fourth-order valence-corrected chi connectivity index (χ4v) is 1.94. The molecule has 9 heteroatoms. The van der Waals surface area contributed by atoms with Crippen molar-refractivity contribution in [3.05, 3.63) is 42.0 Å². The molecule has 0 aromatic carbocycles. The number of pyridine rings is 1. The van der Waals surface area contributed by atoms with Crippen molar-refractivity contribution in [1.29, 1.82) is 0 Å². The van der Waals surface area contributed by atoms with Crippen LogP contribution in [0.25, 0.3) is 0 Å². The highest BCUT2D eigenvalue weighted by Crippen LogP contribution is 2.21. The number of carbonyl (C=O) groups is 1. The number of alkyl halides is 3. The first-order valence-corrected chi connectivity index (χ1v) is 7.72. The number of aryl methyl sites for hydroxylation is 1. The van der Waals surface area contributed by atoms with Crippen molar-refractivity contribution in [2.75, 3.05) is 10.6 Å². The van der Waals surface area contributed by atoms with Crippen LogP contribution in [0, 0.1) is 0 Å². The van der Waals surface area contributed by atoms with Crippen LogP contribution in [-0.4, -0.2) is 27.0 Å². The normalized spacial score (nSPS) is 11.2. The second-order valence-corrected chi connectivity index (χ2v) is 5.28. The summed E-state index contributed by atoms with van der Waals surface area (Å²) in [6, 6.07) is 3.27. The molecule has 0 aliphatic carbocycles. The number of aromatic nitrogens is 3. The minimum Gasteiger partial charge on any atom is -0.363 e. The zero-order chi connectivity index (χ0) is 18.3. The van der Waals surface area contributed by atoms with E-state index in [-0.39, 0.29) is 12.3 Å². The third-order valence-corrected chi connectivity index (χ3v) is 3.29. The number of anilines is 2. The van der Waals surface area contributed by atoms with Crippen molar-refractivity contribution >= 4 is 17.5 Å². The summed E-state index contributed by atoms with van der Waals surface area (Å²) < 4.78 is 36.6. The molecule has 25 heavy (non-hydrogen) atoms. The molecule has 0 aliphatic heterocycles. The monoisotopic (exact) mass is 353 g/mol. The molecule has 2 aromatic heterocycles. The minimum absolute atomic E-state index is 0.144. The molecule has 0 fully saturated rings. The van der Waals surface area contributed by atoms with Crippen molar-refractivity contribution in [2.45, 2.75) is 38.9 Å². The van der Waals surface area contributed by atoms with Crippen LogP contribution in [-0.2, 0) is 17.8 Å². The van der Waals surface area contributed by atoms with Gasteiger partial charge in [0, 0.05) is 43.7 Å². The third kappa shape index (κ3) is 6.36. The Balaban J connectivity index is 1.94. The maximum atomic E-state index is 12.2. The van der Waals surface area contributed by atoms with Crippen LogP contribution in [0.3, 0.4) is 0 Å². The zero-order valence-electron chi connectivity index (χ0n) is 13.6. The van der Waals surface area contributed by atoms with Gasteiger partial charge in [-0.1, -0.05) is 13.0 Å². The van der Waals surface area contributed by atoms with Gasteiger partial charge in [-0.15, -0.1) is 0 Å². The highest BCUT2D eigenvalue weighted by atomic mass is 19.4. The van der Waals surface area contributed by atoms with Gasteiger partial charge in [-0.25, -0.2) is 9.97 Å². The lowest BCUT2D eigenvalue weighted by atomic mass is 10.2. The summed E-state index contributed by atoms with van der Waals surface area (Å²) in [4.78, 5) is 23.7. The van der Waals surface area contributed by atoms with Crippen LogP contribution >= 0.6 is 0 Å². The predicted octanol–water partition coefficient (Wildman–Crippen LogP) is 3.33. The molecule has 0 aliphatic rings. The molecule has 2 rings (SSSR count). The third-order valence-electron chi connectivity index (χ3n) is 3.29. The van der Waals surface area contributed by atoms with E-state index in [4.69, 9.17) is 0 Å². The van der Waals surface area contributed by atoms with E-state index in [1.54, 1.807) is 19.1 Å². The molecule has 0 saturated carbocycles. The van der Waals surface area contributed by atoms with Gasteiger partial charge in [0.25, 0.3) is 0 Å². The van der Waals surface area contributed by atoms with E-state index < -0.39 is 12.6 Å². The van der Waals surface area contributed by atoms with Gasteiger partial charge in [0.1, 0.15) is 0 Å². The molecule has 2 heterocycles. The van der Waals surface area contributed by atoms with Gasteiger partial charge >= 0.3 is 6.18 Å². The van der Waals surface area contributed by atoms with Gasteiger partial charge in [-0.3, -0.25) is 9.78 Å². The highest BCUT2D eigenvalue weighted by Gasteiger charge is 2.26. The Morgan fingerprint density at radius 2 is 1.84 bits per heavy atom. The van der Waals surface area contributed by atoms with E-state index in [0.29, 0.717) is 30.3 Å². The number of carbonyl (C=O) groups excluding carboxylic acids is 1. The first-order valence-electron chi connectivity index (χ1n) is 7.72. The van der Waals surface area contributed by atoms with Crippen molar-refractivity contribution in [3.8, 4) is 0 Å². The van der Waals surface area contributed by atoms with Crippen LogP contribution in [0.1, 0.15) is 31.0 Å². The van der Waals surface area contributed by atoms with E-state index in [1.165, 1.54) is 18.6 Å². The van der Waals surface area contributed by atoms with Gasteiger partial charge in [0.15, 0.2) is 11.6 Å². The Morgan fingerprint density at radius 3 is 2.44 bits per heavy atom. The van der Waals surface area contributed by atoms with E-state index in [0.717, 1.165) is 5.56 Å². The number of amides is 1. The first kappa shape index (κ1) is 18.6.